The van der Waals surface area contributed by atoms with E-state index in [2.05, 4.69) is 139 Å². The van der Waals surface area contributed by atoms with Gasteiger partial charge in [-0.3, -0.25) is 0 Å². The minimum Gasteiger partial charge on any atom is -0.328 e. The number of aryl methyl sites for hydroxylation is 2. The van der Waals surface area contributed by atoms with Crippen molar-refractivity contribution in [2.75, 3.05) is 0 Å². The summed E-state index contributed by atoms with van der Waals surface area (Å²) >= 11 is 0. The molecule has 6 N–H and O–H groups in total. The fourth-order valence-corrected chi connectivity index (χ4v) is 12.2. The molecular weight excluding hydrogens is 1090 g/mol. The summed E-state index contributed by atoms with van der Waals surface area (Å²) in [6.45, 7) is 29.7. The van der Waals surface area contributed by atoms with E-state index in [-0.39, 0.29) is 10.8 Å². The van der Waals surface area contributed by atoms with Gasteiger partial charge in [-0.1, -0.05) is 431 Å². The SMILES string of the molecule is CCCCCCCCCCCCCCC(CCCCCCCCCCCCC)(CCCCCCCCCCCCC)C(C)CCCCCCCCCCCCC.Cc1ccc(C(C)(C)C)cc1.Cc1ccc(C(C)(C)C)cc1.OP(O)O.OP(O)O. The summed E-state index contributed by atoms with van der Waals surface area (Å²) < 4.78 is 0. The standard InChI is InChI=1S/C56H114.2C11H16.2H3O3P/c1-6-10-14-18-22-26-30-34-38-42-46-50-54-56(52-48-44-40-36-32-28-24-20-16-12-8-3,53-49-45-41-37-33-29-25-21-17-13-9-4)55(5)51-47-43-39-35-31-27-23-19-15-11-7-2;2*1-9-5-7-10(8-6-9)11(2,3)4;2*1-4(2)3/h55H,6-54H2,1-5H3;2*5-8H,1-4H3;2*1-3H. The fraction of sp³-hybridized carbons (Fsp3) is 0.846. The molecule has 0 amide bonds. The lowest BCUT2D eigenvalue weighted by molar-refractivity contribution is 0.102. The van der Waals surface area contributed by atoms with Gasteiger partial charge >= 0.3 is 17.2 Å². The largest absolute Gasteiger partial charge is 0.328 e. The highest BCUT2D eigenvalue weighted by molar-refractivity contribution is 7.38. The molecule has 0 saturated carbocycles. The highest BCUT2D eigenvalue weighted by atomic mass is 31.2. The molecule has 2 aromatic carbocycles. The van der Waals surface area contributed by atoms with Crippen LogP contribution in [-0.2, 0) is 10.8 Å². The van der Waals surface area contributed by atoms with E-state index in [0.717, 1.165) is 5.92 Å². The Morgan fingerprint density at radius 1 is 0.279 bits per heavy atom. The molecule has 0 radical (unpaired) electrons. The molecule has 0 aliphatic heterocycles. The van der Waals surface area contributed by atoms with Crippen LogP contribution in [0.2, 0.25) is 0 Å². The van der Waals surface area contributed by atoms with Crippen LogP contribution in [0.3, 0.4) is 0 Å². The Bertz CT molecular complexity index is 1510. The molecule has 2 aromatic rings. The van der Waals surface area contributed by atoms with Crippen molar-refractivity contribution in [3.8, 4) is 0 Å². The van der Waals surface area contributed by atoms with E-state index in [9.17, 15) is 0 Å². The van der Waals surface area contributed by atoms with Crippen molar-refractivity contribution in [3.05, 3.63) is 70.8 Å². The Morgan fingerprint density at radius 2 is 0.442 bits per heavy atom. The van der Waals surface area contributed by atoms with Crippen LogP contribution in [0.4, 0.5) is 0 Å². The van der Waals surface area contributed by atoms with Crippen molar-refractivity contribution < 1.29 is 29.4 Å². The molecule has 2 rings (SSSR count). The first kappa shape index (κ1) is 89.3. The van der Waals surface area contributed by atoms with Crippen LogP contribution in [-0.4, -0.2) is 29.4 Å². The van der Waals surface area contributed by atoms with Gasteiger partial charge in [0.1, 0.15) is 0 Å². The molecule has 0 bridgehead atoms. The lowest BCUT2D eigenvalue weighted by Crippen LogP contribution is -2.29. The van der Waals surface area contributed by atoms with Crippen LogP contribution < -0.4 is 0 Å². The van der Waals surface area contributed by atoms with Gasteiger partial charge in [0.15, 0.2) is 0 Å². The maximum atomic E-state index is 7.23. The molecule has 0 heterocycles. The van der Waals surface area contributed by atoms with Gasteiger partial charge in [0.2, 0.25) is 0 Å². The Hall–Kier alpha value is -0.940. The van der Waals surface area contributed by atoms with Gasteiger partial charge in [0.25, 0.3) is 0 Å². The second kappa shape index (κ2) is 64.2. The zero-order valence-electron chi connectivity index (χ0n) is 59.9. The van der Waals surface area contributed by atoms with E-state index in [1.807, 2.05) is 0 Å². The topological polar surface area (TPSA) is 121 Å². The molecule has 0 aromatic heterocycles. The summed E-state index contributed by atoms with van der Waals surface area (Å²) in [5.74, 6) is 0.917. The molecule has 0 fully saturated rings. The van der Waals surface area contributed by atoms with Crippen molar-refractivity contribution >= 4 is 17.2 Å². The highest BCUT2D eigenvalue weighted by Crippen LogP contribution is 2.46. The number of rotatable bonds is 50. The zero-order chi connectivity index (χ0) is 64.8. The zero-order valence-corrected chi connectivity index (χ0v) is 61.7. The molecule has 86 heavy (non-hydrogen) atoms. The molecule has 0 aliphatic rings. The van der Waals surface area contributed by atoms with E-state index in [4.69, 9.17) is 29.4 Å². The molecular formula is C78H152O6P2. The Balaban J connectivity index is -0.00000183. The van der Waals surface area contributed by atoms with Crippen LogP contribution in [0.5, 0.6) is 0 Å². The molecule has 8 heteroatoms. The van der Waals surface area contributed by atoms with Gasteiger partial charge in [-0.2, -0.15) is 0 Å². The predicted molar refractivity (Wildman–Crippen MR) is 387 cm³/mol. The molecule has 1 unspecified atom stereocenters. The number of benzene rings is 2. The third kappa shape index (κ3) is 64.6. The normalized spacial score (nSPS) is 12.0. The van der Waals surface area contributed by atoms with Crippen LogP contribution >= 0.6 is 17.2 Å². The van der Waals surface area contributed by atoms with E-state index < -0.39 is 17.2 Å². The third-order valence-electron chi connectivity index (χ3n) is 18.2. The molecule has 510 valence electrons. The van der Waals surface area contributed by atoms with Crippen molar-refractivity contribution in [2.45, 2.75) is 415 Å². The van der Waals surface area contributed by atoms with E-state index in [1.165, 1.54) is 318 Å². The van der Waals surface area contributed by atoms with E-state index >= 15 is 0 Å². The smallest absolute Gasteiger partial charge is 0.324 e. The van der Waals surface area contributed by atoms with Crippen molar-refractivity contribution in [1.29, 1.82) is 0 Å². The van der Waals surface area contributed by atoms with Crippen LogP contribution in [0.25, 0.3) is 0 Å². The maximum Gasteiger partial charge on any atom is 0.324 e. The van der Waals surface area contributed by atoms with Gasteiger partial charge in [-0.25, -0.2) is 0 Å². The molecule has 0 aliphatic carbocycles. The van der Waals surface area contributed by atoms with Crippen LogP contribution in [0.1, 0.15) is 413 Å². The number of hydrogen-bond acceptors (Lipinski definition) is 6. The molecule has 1 atom stereocenters. The summed E-state index contributed by atoms with van der Waals surface area (Å²) in [6, 6.07) is 17.5. The second-order valence-corrected chi connectivity index (χ2v) is 29.6. The third-order valence-corrected chi connectivity index (χ3v) is 18.2. The summed E-state index contributed by atoms with van der Waals surface area (Å²) in [6.07, 6.45) is 72.5. The van der Waals surface area contributed by atoms with Crippen LogP contribution in [0, 0.1) is 25.2 Å². The minimum atomic E-state index is -2.62. The monoisotopic (exact) mass is 1250 g/mol. The average molecular weight is 1250 g/mol. The van der Waals surface area contributed by atoms with Gasteiger partial charge in [0, 0.05) is 0 Å². The van der Waals surface area contributed by atoms with Crippen molar-refractivity contribution in [2.24, 2.45) is 11.3 Å². The van der Waals surface area contributed by atoms with Gasteiger partial charge < -0.3 is 29.4 Å². The molecule has 6 nitrogen and oxygen atoms in total. The minimum absolute atomic E-state index is 0.285. The lowest BCUT2D eigenvalue weighted by atomic mass is 9.64. The van der Waals surface area contributed by atoms with Crippen molar-refractivity contribution in [1.82, 2.24) is 0 Å². The predicted octanol–water partition coefficient (Wildman–Crippen LogP) is 26.8. The van der Waals surface area contributed by atoms with Gasteiger partial charge in [-0.15, -0.1) is 0 Å². The van der Waals surface area contributed by atoms with E-state index in [0.29, 0.717) is 5.41 Å². The maximum absolute atomic E-state index is 7.23. The van der Waals surface area contributed by atoms with Crippen molar-refractivity contribution in [3.63, 3.8) is 0 Å². The average Bonchev–Trinajstić information content (AvgIpc) is 2.58. The highest BCUT2D eigenvalue weighted by Gasteiger charge is 2.34. The van der Waals surface area contributed by atoms with Gasteiger partial charge in [-0.05, 0) is 66.4 Å². The summed E-state index contributed by atoms with van der Waals surface area (Å²) in [5.41, 5.74) is 6.67. The second-order valence-electron chi connectivity index (χ2n) is 28.6. The lowest BCUT2D eigenvalue weighted by Gasteiger charge is -2.41. The molecule has 0 saturated heterocycles. The first-order valence-electron chi connectivity index (χ1n) is 37.0. The fourth-order valence-electron chi connectivity index (χ4n) is 12.2. The Labute approximate surface area is 541 Å². The Morgan fingerprint density at radius 3 is 0.616 bits per heavy atom. The van der Waals surface area contributed by atoms with Gasteiger partial charge in [0.05, 0.1) is 0 Å². The summed E-state index contributed by atoms with van der Waals surface area (Å²) in [5, 5.41) is 0. The first-order chi connectivity index (χ1) is 41.1. The molecule has 0 spiro atoms. The number of hydrogen-bond donors (Lipinski definition) is 6. The number of unbranched alkanes of at least 4 members (excludes halogenated alkanes) is 41. The van der Waals surface area contributed by atoms with Crippen LogP contribution in [0.15, 0.2) is 48.5 Å². The summed E-state index contributed by atoms with van der Waals surface area (Å²) in [7, 11) is -5.24. The van der Waals surface area contributed by atoms with E-state index in [1.54, 1.807) is 19.3 Å². The Kier molecular flexibility index (Phi) is 66.6. The summed E-state index contributed by atoms with van der Waals surface area (Å²) in [4.78, 5) is 43.4. The first-order valence-corrected chi connectivity index (χ1v) is 39.4. The quantitative estimate of drug-likeness (QED) is 0.0290.